The highest BCUT2D eigenvalue weighted by atomic mass is 32.2. The van der Waals surface area contributed by atoms with Crippen molar-refractivity contribution < 1.29 is 36.8 Å². The SMILES string of the molecule is CC(C)(C)[S@@+]([O-])NC(CCC1CC1)(c1cccnc1)c1ccc(F)c(NC(=O)c2cc(C(F)(F)F)nn2-c2cccc(N(C=N)C(=O)O)c2)c1. The Bertz CT molecular complexity index is 1880. The zero-order valence-electron chi connectivity index (χ0n) is 27.3. The number of carbonyl (C=O) groups is 2. The summed E-state index contributed by atoms with van der Waals surface area (Å²) in [6, 6.07) is 13.1. The number of nitrogens with one attached hydrogen (secondary N) is 3. The van der Waals surface area contributed by atoms with Gasteiger partial charge in [-0.25, -0.2) is 18.8 Å². The Hall–Kier alpha value is -4.80. The van der Waals surface area contributed by atoms with Gasteiger partial charge in [-0.05, 0) is 87.1 Å². The summed E-state index contributed by atoms with van der Waals surface area (Å²) < 4.78 is 74.0. The molecule has 4 N–H and O–H groups in total. The van der Waals surface area contributed by atoms with E-state index in [1.807, 2.05) is 6.07 Å². The van der Waals surface area contributed by atoms with E-state index < -0.39 is 57.0 Å². The van der Waals surface area contributed by atoms with Gasteiger partial charge in [0.15, 0.2) is 5.69 Å². The van der Waals surface area contributed by atoms with E-state index >= 15 is 4.39 Å². The average molecular weight is 714 g/mol. The molecule has 0 spiro atoms. The summed E-state index contributed by atoms with van der Waals surface area (Å²) in [6.07, 6.45) is 0.499. The Morgan fingerprint density at radius 3 is 2.44 bits per heavy atom. The Kier molecular flexibility index (Phi) is 10.4. The van der Waals surface area contributed by atoms with E-state index in [1.165, 1.54) is 30.3 Å². The first kappa shape index (κ1) is 36.5. The monoisotopic (exact) mass is 713 g/mol. The second-order valence-corrected chi connectivity index (χ2v) is 14.9. The van der Waals surface area contributed by atoms with Crippen molar-refractivity contribution in [1.29, 1.82) is 5.41 Å². The number of halogens is 4. The molecular weight excluding hydrogens is 678 g/mol. The first-order valence-corrected chi connectivity index (χ1v) is 16.7. The standard InChI is InChI=1S/C34H35F4N7O4S/c1-32(2,3)50(49)43-33(14-13-21-9-10-21,23-6-5-15-40-19-23)22-11-12-26(35)27(16-22)41-30(46)28-18-29(34(36,37)38)42-45(28)25-8-4-7-24(17-25)44(20-39)31(47)48/h4-8,11-12,15-21,39,43H,9-10,13-14H2,1-3H3,(H,41,46)(H,47,48)/t33?,50-/m1/s1. The Balaban J connectivity index is 1.59. The van der Waals surface area contributed by atoms with E-state index in [4.69, 9.17) is 5.41 Å². The van der Waals surface area contributed by atoms with E-state index in [0.29, 0.717) is 45.5 Å². The molecule has 2 heterocycles. The normalized spacial score (nSPS) is 15.2. The molecule has 0 aliphatic heterocycles. The summed E-state index contributed by atoms with van der Waals surface area (Å²) in [4.78, 5) is 30.1. The largest absolute Gasteiger partial charge is 0.598 e. The second kappa shape index (κ2) is 14.2. The van der Waals surface area contributed by atoms with Crippen molar-refractivity contribution in [3.63, 3.8) is 0 Å². The third-order valence-corrected chi connectivity index (χ3v) is 9.88. The van der Waals surface area contributed by atoms with Gasteiger partial charge < -0.3 is 15.0 Å². The maximum absolute atomic E-state index is 15.5. The molecule has 0 bridgehead atoms. The van der Waals surface area contributed by atoms with Crippen LogP contribution in [0.2, 0.25) is 0 Å². The number of pyridine rings is 1. The molecule has 16 heteroatoms. The summed E-state index contributed by atoms with van der Waals surface area (Å²) in [5.41, 5.74) is -2.70. The van der Waals surface area contributed by atoms with Crippen LogP contribution in [0, 0.1) is 17.1 Å². The van der Waals surface area contributed by atoms with Crippen molar-refractivity contribution in [2.75, 3.05) is 10.2 Å². The van der Waals surface area contributed by atoms with Crippen LogP contribution in [-0.4, -0.2) is 47.5 Å². The van der Waals surface area contributed by atoms with Gasteiger partial charge >= 0.3 is 12.3 Å². The number of aromatic nitrogens is 3. The number of anilines is 2. The van der Waals surface area contributed by atoms with Crippen LogP contribution < -0.4 is 14.9 Å². The number of carboxylic acid groups (broad SMARTS) is 1. The fourth-order valence-electron chi connectivity index (χ4n) is 5.34. The van der Waals surface area contributed by atoms with Gasteiger partial charge in [-0.3, -0.25) is 15.2 Å². The second-order valence-electron chi connectivity index (χ2n) is 12.9. The van der Waals surface area contributed by atoms with E-state index in [2.05, 4.69) is 20.1 Å². The molecule has 1 unspecified atom stereocenters. The molecule has 50 heavy (non-hydrogen) atoms. The number of hydrogen-bond donors (Lipinski definition) is 4. The van der Waals surface area contributed by atoms with E-state index in [1.54, 1.807) is 39.2 Å². The molecule has 2 aromatic carbocycles. The van der Waals surface area contributed by atoms with Crippen LogP contribution in [0.25, 0.3) is 5.69 Å². The lowest BCUT2D eigenvalue weighted by molar-refractivity contribution is -0.141. The summed E-state index contributed by atoms with van der Waals surface area (Å²) in [5, 5.41) is 22.8. The van der Waals surface area contributed by atoms with Crippen LogP contribution in [0.4, 0.5) is 33.7 Å². The first-order valence-electron chi connectivity index (χ1n) is 15.6. The van der Waals surface area contributed by atoms with Crippen LogP contribution in [0.15, 0.2) is 73.1 Å². The molecule has 4 aromatic rings. The lowest BCUT2D eigenvalue weighted by Crippen LogP contribution is -2.52. The van der Waals surface area contributed by atoms with Crippen molar-refractivity contribution in [2.45, 2.75) is 62.9 Å². The number of hydrogen-bond acceptors (Lipinski definition) is 7. The zero-order chi connectivity index (χ0) is 36.4. The van der Waals surface area contributed by atoms with Crippen LogP contribution in [0.1, 0.15) is 73.8 Å². The zero-order valence-corrected chi connectivity index (χ0v) is 28.1. The predicted octanol–water partition coefficient (Wildman–Crippen LogP) is 7.25. The summed E-state index contributed by atoms with van der Waals surface area (Å²) >= 11 is -1.62. The molecule has 2 amide bonds. The van der Waals surface area contributed by atoms with Crippen LogP contribution in [0.5, 0.6) is 0 Å². The summed E-state index contributed by atoms with van der Waals surface area (Å²) in [7, 11) is 0. The number of amides is 2. The number of benzene rings is 2. The predicted molar refractivity (Wildman–Crippen MR) is 180 cm³/mol. The van der Waals surface area contributed by atoms with Crippen LogP contribution in [0.3, 0.4) is 0 Å². The van der Waals surface area contributed by atoms with Crippen LogP contribution in [-0.2, 0) is 23.1 Å². The van der Waals surface area contributed by atoms with Crippen LogP contribution >= 0.6 is 0 Å². The average Bonchev–Trinajstić information content (AvgIpc) is 3.77. The topological polar surface area (TPSA) is 159 Å². The van der Waals surface area contributed by atoms with Gasteiger partial charge in [0.1, 0.15) is 21.8 Å². The van der Waals surface area contributed by atoms with Gasteiger partial charge in [-0.2, -0.15) is 18.3 Å². The minimum atomic E-state index is -4.97. The first-order chi connectivity index (χ1) is 23.5. The number of nitrogens with zero attached hydrogens (tertiary/aromatic N) is 4. The Morgan fingerprint density at radius 1 is 1.10 bits per heavy atom. The molecule has 0 saturated heterocycles. The van der Waals surface area contributed by atoms with Crippen molar-refractivity contribution in [1.82, 2.24) is 19.5 Å². The summed E-state index contributed by atoms with van der Waals surface area (Å²) in [6.45, 7) is 5.42. The van der Waals surface area contributed by atoms with Crippen molar-refractivity contribution in [3.05, 3.63) is 101 Å². The molecule has 264 valence electrons. The van der Waals surface area contributed by atoms with Gasteiger partial charge in [0.25, 0.3) is 5.91 Å². The molecule has 2 atom stereocenters. The highest BCUT2D eigenvalue weighted by molar-refractivity contribution is 7.90. The Labute approximate surface area is 288 Å². The highest BCUT2D eigenvalue weighted by Crippen LogP contribution is 2.43. The smallest absolute Gasteiger partial charge is 0.435 e. The molecule has 1 fully saturated rings. The molecule has 0 radical (unpaired) electrons. The number of alkyl halides is 3. The van der Waals surface area contributed by atoms with Crippen molar-refractivity contribution >= 4 is 41.1 Å². The number of carbonyl (C=O) groups excluding carboxylic acids is 1. The lowest BCUT2D eigenvalue weighted by atomic mass is 9.80. The van der Waals surface area contributed by atoms with Gasteiger partial charge in [0.2, 0.25) is 0 Å². The quantitative estimate of drug-likeness (QED) is 0.0521. The molecule has 1 saturated carbocycles. The molecular formula is C34H35F4N7O4S. The molecule has 2 aromatic heterocycles. The Morgan fingerprint density at radius 2 is 1.84 bits per heavy atom. The highest BCUT2D eigenvalue weighted by Gasteiger charge is 2.44. The van der Waals surface area contributed by atoms with Gasteiger partial charge in [-0.1, -0.05) is 31.0 Å². The van der Waals surface area contributed by atoms with E-state index in [-0.39, 0.29) is 17.1 Å². The minimum Gasteiger partial charge on any atom is -0.598 e. The fourth-order valence-corrected chi connectivity index (χ4v) is 6.30. The van der Waals surface area contributed by atoms with Gasteiger partial charge in [-0.15, -0.1) is 4.72 Å². The van der Waals surface area contributed by atoms with E-state index in [0.717, 1.165) is 31.4 Å². The third kappa shape index (κ3) is 7.98. The molecule has 1 aliphatic carbocycles. The number of rotatable bonds is 12. The maximum atomic E-state index is 15.5. The molecule has 5 rings (SSSR count). The fraction of sp³-hybridized carbons (Fsp3) is 0.324. The van der Waals surface area contributed by atoms with E-state index in [9.17, 15) is 32.4 Å². The van der Waals surface area contributed by atoms with Gasteiger partial charge in [0, 0.05) is 29.8 Å². The van der Waals surface area contributed by atoms with Crippen molar-refractivity contribution in [3.8, 4) is 5.69 Å². The maximum Gasteiger partial charge on any atom is 0.435 e. The third-order valence-electron chi connectivity index (χ3n) is 8.23. The summed E-state index contributed by atoms with van der Waals surface area (Å²) in [5.74, 6) is -1.57. The van der Waals surface area contributed by atoms with Gasteiger partial charge in [0.05, 0.1) is 23.4 Å². The van der Waals surface area contributed by atoms with Crippen molar-refractivity contribution in [2.24, 2.45) is 5.92 Å². The molecule has 11 nitrogen and oxygen atoms in total. The minimum absolute atomic E-state index is 0.0998. The lowest BCUT2D eigenvalue weighted by Gasteiger charge is -2.38. The molecule has 1 aliphatic rings.